The number of halogens is 1. The van der Waals surface area contributed by atoms with Gasteiger partial charge in [0, 0.05) is 6.04 Å². The van der Waals surface area contributed by atoms with Crippen LogP contribution in [0.2, 0.25) is 0 Å². The van der Waals surface area contributed by atoms with E-state index < -0.39 is 6.04 Å². The number of nitrogens with one attached hydrogen (secondary N) is 1. The van der Waals surface area contributed by atoms with Gasteiger partial charge in [-0.1, -0.05) is 67.6 Å². The lowest BCUT2D eigenvalue weighted by Crippen LogP contribution is -2.46. The Kier molecular flexibility index (Phi) is 8.38. The van der Waals surface area contributed by atoms with Gasteiger partial charge in [0.25, 0.3) is 0 Å². The van der Waals surface area contributed by atoms with E-state index in [0.29, 0.717) is 6.42 Å². The molecule has 0 aliphatic carbocycles. The average molecular weight is 333 g/mol. The Morgan fingerprint density at radius 3 is 1.91 bits per heavy atom. The molecule has 23 heavy (non-hydrogen) atoms. The van der Waals surface area contributed by atoms with Crippen LogP contribution >= 0.6 is 12.4 Å². The van der Waals surface area contributed by atoms with E-state index in [9.17, 15) is 4.79 Å². The summed E-state index contributed by atoms with van der Waals surface area (Å²) in [7, 11) is 0. The van der Waals surface area contributed by atoms with Crippen molar-refractivity contribution >= 4 is 18.3 Å². The largest absolute Gasteiger partial charge is 0.352 e. The third kappa shape index (κ3) is 6.43. The third-order valence-corrected chi connectivity index (χ3v) is 3.80. The minimum absolute atomic E-state index is 0. The Bertz CT molecular complexity index is 574. The van der Waals surface area contributed by atoms with Gasteiger partial charge in [-0.25, -0.2) is 0 Å². The molecule has 0 aliphatic heterocycles. The van der Waals surface area contributed by atoms with Crippen molar-refractivity contribution in [2.75, 3.05) is 0 Å². The summed E-state index contributed by atoms with van der Waals surface area (Å²) in [5.74, 6) is -0.0772. The van der Waals surface area contributed by atoms with Crippen LogP contribution in [-0.4, -0.2) is 18.0 Å². The molecule has 0 aromatic heterocycles. The zero-order valence-electron chi connectivity index (χ0n) is 13.4. The molecule has 0 radical (unpaired) electrons. The van der Waals surface area contributed by atoms with E-state index in [2.05, 4.69) is 24.4 Å². The number of benzene rings is 2. The van der Waals surface area contributed by atoms with Crippen LogP contribution < -0.4 is 11.1 Å². The predicted octanol–water partition coefficient (Wildman–Crippen LogP) is 3.12. The number of amides is 1. The monoisotopic (exact) mass is 332 g/mol. The van der Waals surface area contributed by atoms with Crippen LogP contribution in [0.25, 0.3) is 0 Å². The van der Waals surface area contributed by atoms with Crippen molar-refractivity contribution < 1.29 is 4.79 Å². The van der Waals surface area contributed by atoms with Crippen molar-refractivity contribution in [1.82, 2.24) is 5.32 Å². The van der Waals surface area contributed by atoms with Crippen molar-refractivity contribution in [1.29, 1.82) is 0 Å². The molecular formula is C19H25ClN2O. The van der Waals surface area contributed by atoms with Crippen molar-refractivity contribution in [2.45, 2.75) is 38.3 Å². The SMILES string of the molecule is CCC(Cc1ccccc1)NC(=O)[C@@H](N)Cc1ccccc1.Cl. The molecule has 0 saturated heterocycles. The molecule has 1 unspecified atom stereocenters. The lowest BCUT2D eigenvalue weighted by Gasteiger charge is -2.20. The molecule has 124 valence electrons. The van der Waals surface area contributed by atoms with Gasteiger partial charge in [0.1, 0.15) is 0 Å². The van der Waals surface area contributed by atoms with Gasteiger partial charge in [-0.3, -0.25) is 4.79 Å². The summed E-state index contributed by atoms with van der Waals surface area (Å²) in [6, 6.07) is 19.7. The molecule has 2 aromatic carbocycles. The van der Waals surface area contributed by atoms with Crippen LogP contribution in [0.15, 0.2) is 60.7 Å². The van der Waals surface area contributed by atoms with E-state index in [4.69, 9.17) is 5.73 Å². The summed E-state index contributed by atoms with van der Waals surface area (Å²) in [6.07, 6.45) is 2.29. The van der Waals surface area contributed by atoms with Crippen molar-refractivity contribution in [3.63, 3.8) is 0 Å². The van der Waals surface area contributed by atoms with Crippen LogP contribution in [0.3, 0.4) is 0 Å². The van der Waals surface area contributed by atoms with Gasteiger partial charge in [0.05, 0.1) is 6.04 Å². The molecule has 0 spiro atoms. The molecular weight excluding hydrogens is 308 g/mol. The van der Waals surface area contributed by atoms with Crippen LogP contribution in [0.4, 0.5) is 0 Å². The fourth-order valence-electron chi connectivity index (χ4n) is 2.46. The summed E-state index contributed by atoms with van der Waals surface area (Å²) in [5, 5.41) is 3.07. The highest BCUT2D eigenvalue weighted by Gasteiger charge is 2.17. The van der Waals surface area contributed by atoms with Gasteiger partial charge in [-0.2, -0.15) is 0 Å². The summed E-state index contributed by atoms with van der Waals surface area (Å²) in [6.45, 7) is 2.08. The molecule has 2 aromatic rings. The van der Waals surface area contributed by atoms with Crippen molar-refractivity contribution in [3.05, 3.63) is 71.8 Å². The average Bonchev–Trinajstić information content (AvgIpc) is 2.56. The van der Waals surface area contributed by atoms with Gasteiger partial charge in [0.15, 0.2) is 0 Å². The van der Waals surface area contributed by atoms with E-state index >= 15 is 0 Å². The van der Waals surface area contributed by atoms with Crippen LogP contribution in [0.1, 0.15) is 24.5 Å². The first kappa shape index (κ1) is 19.2. The normalized spacial score (nSPS) is 12.8. The number of hydrogen-bond acceptors (Lipinski definition) is 2. The van der Waals surface area contributed by atoms with Gasteiger partial charge >= 0.3 is 0 Å². The van der Waals surface area contributed by atoms with Crippen molar-refractivity contribution in [2.24, 2.45) is 5.73 Å². The first-order valence-electron chi connectivity index (χ1n) is 7.83. The van der Waals surface area contributed by atoms with Crippen LogP contribution in [0, 0.1) is 0 Å². The molecule has 0 fully saturated rings. The fourth-order valence-corrected chi connectivity index (χ4v) is 2.46. The van der Waals surface area contributed by atoms with E-state index in [-0.39, 0.29) is 24.4 Å². The Labute approximate surface area is 144 Å². The second-order valence-electron chi connectivity index (χ2n) is 5.60. The number of carbonyl (C=O) groups is 1. The second kappa shape index (κ2) is 10.0. The fraction of sp³-hybridized carbons (Fsp3) is 0.316. The molecule has 4 heteroatoms. The Morgan fingerprint density at radius 1 is 0.957 bits per heavy atom. The zero-order chi connectivity index (χ0) is 15.8. The Morgan fingerprint density at radius 2 is 1.43 bits per heavy atom. The zero-order valence-corrected chi connectivity index (χ0v) is 14.3. The molecule has 2 rings (SSSR count). The maximum absolute atomic E-state index is 12.3. The molecule has 1 amide bonds. The number of hydrogen-bond donors (Lipinski definition) is 2. The Hall–Kier alpha value is -1.84. The van der Waals surface area contributed by atoms with E-state index in [1.807, 2.05) is 48.5 Å². The van der Waals surface area contributed by atoms with Gasteiger partial charge in [-0.05, 0) is 30.4 Å². The van der Waals surface area contributed by atoms with E-state index in [1.165, 1.54) is 5.56 Å². The number of carbonyl (C=O) groups excluding carboxylic acids is 1. The van der Waals surface area contributed by atoms with E-state index in [1.54, 1.807) is 0 Å². The lowest BCUT2D eigenvalue weighted by molar-refractivity contribution is -0.123. The number of nitrogens with two attached hydrogens (primary N) is 1. The maximum atomic E-state index is 12.3. The molecule has 0 bridgehead atoms. The highest BCUT2D eigenvalue weighted by Crippen LogP contribution is 2.07. The molecule has 0 heterocycles. The standard InChI is InChI=1S/C19H24N2O.ClH/c1-2-17(13-15-9-5-3-6-10-15)21-19(22)18(20)14-16-11-7-4-8-12-16;/h3-12,17-18H,2,13-14,20H2,1H3,(H,21,22);1H/t17?,18-;/m0./s1. The minimum Gasteiger partial charge on any atom is -0.352 e. The molecule has 3 nitrogen and oxygen atoms in total. The quantitative estimate of drug-likeness (QED) is 0.818. The maximum Gasteiger partial charge on any atom is 0.237 e. The van der Waals surface area contributed by atoms with Gasteiger partial charge in [-0.15, -0.1) is 12.4 Å². The summed E-state index contributed by atoms with van der Waals surface area (Å²) in [4.78, 5) is 12.3. The third-order valence-electron chi connectivity index (χ3n) is 3.80. The molecule has 3 N–H and O–H groups in total. The molecule has 0 saturated carbocycles. The van der Waals surface area contributed by atoms with Crippen LogP contribution in [0.5, 0.6) is 0 Å². The minimum atomic E-state index is -0.507. The molecule has 2 atom stereocenters. The first-order valence-corrected chi connectivity index (χ1v) is 7.83. The Balaban J connectivity index is 0.00000264. The highest BCUT2D eigenvalue weighted by atomic mass is 35.5. The first-order chi connectivity index (χ1) is 10.7. The summed E-state index contributed by atoms with van der Waals surface area (Å²) < 4.78 is 0. The van der Waals surface area contributed by atoms with Gasteiger partial charge < -0.3 is 11.1 Å². The number of rotatable bonds is 7. The van der Waals surface area contributed by atoms with Crippen molar-refractivity contribution in [3.8, 4) is 0 Å². The highest BCUT2D eigenvalue weighted by molar-refractivity contribution is 5.85. The predicted molar refractivity (Wildman–Crippen MR) is 97.7 cm³/mol. The van der Waals surface area contributed by atoms with E-state index in [0.717, 1.165) is 18.4 Å². The lowest BCUT2D eigenvalue weighted by atomic mass is 10.0. The van der Waals surface area contributed by atoms with Crippen LogP contribution in [-0.2, 0) is 17.6 Å². The second-order valence-corrected chi connectivity index (χ2v) is 5.60. The smallest absolute Gasteiger partial charge is 0.237 e. The summed E-state index contributed by atoms with van der Waals surface area (Å²) in [5.41, 5.74) is 8.35. The molecule has 0 aliphatic rings. The van der Waals surface area contributed by atoms with Gasteiger partial charge in [0.2, 0.25) is 5.91 Å². The topological polar surface area (TPSA) is 55.1 Å². The summed E-state index contributed by atoms with van der Waals surface area (Å²) >= 11 is 0.